The van der Waals surface area contributed by atoms with Crippen molar-refractivity contribution in [1.82, 2.24) is 10.6 Å². The minimum Gasteiger partial charge on any atom is -0.376 e. The van der Waals surface area contributed by atoms with Crippen LogP contribution in [-0.4, -0.2) is 42.3 Å². The summed E-state index contributed by atoms with van der Waals surface area (Å²) < 4.78 is 5.71. The molecule has 2 saturated heterocycles. The number of carbonyl (C=O) groups excluding carboxylic acids is 2. The second-order valence-corrected chi connectivity index (χ2v) is 6.74. The summed E-state index contributed by atoms with van der Waals surface area (Å²) in [5, 5.41) is 14.2. The molecule has 3 unspecified atom stereocenters. The van der Waals surface area contributed by atoms with E-state index in [-0.39, 0.29) is 30.0 Å². The highest BCUT2D eigenvalue weighted by molar-refractivity contribution is 5.79. The second kappa shape index (κ2) is 7.31. The van der Waals surface area contributed by atoms with Crippen LogP contribution in [0.2, 0.25) is 0 Å². The number of piperidine rings is 1. The molecule has 24 heavy (non-hydrogen) atoms. The van der Waals surface area contributed by atoms with Crippen LogP contribution in [0.25, 0.3) is 0 Å². The van der Waals surface area contributed by atoms with Crippen molar-refractivity contribution >= 4 is 11.8 Å². The monoisotopic (exact) mass is 332 g/mol. The minimum absolute atomic E-state index is 0.00467. The van der Waals surface area contributed by atoms with Crippen molar-refractivity contribution in [3.8, 4) is 12.3 Å². The van der Waals surface area contributed by atoms with E-state index in [0.29, 0.717) is 38.5 Å². The maximum absolute atomic E-state index is 12.3. The molecule has 3 atom stereocenters. The molecule has 3 aliphatic rings. The van der Waals surface area contributed by atoms with E-state index in [4.69, 9.17) is 11.2 Å². The zero-order chi connectivity index (χ0) is 17.0. The van der Waals surface area contributed by atoms with Crippen LogP contribution in [0.4, 0.5) is 0 Å². The van der Waals surface area contributed by atoms with Crippen molar-refractivity contribution < 1.29 is 14.3 Å². The Morgan fingerprint density at radius 2 is 2.25 bits per heavy atom. The van der Waals surface area contributed by atoms with Crippen LogP contribution in [0.3, 0.4) is 0 Å². The van der Waals surface area contributed by atoms with Gasteiger partial charge in [0.15, 0.2) is 5.66 Å². The first kappa shape index (κ1) is 16.9. The van der Waals surface area contributed by atoms with Crippen LogP contribution in [0.5, 0.6) is 0 Å². The number of amides is 2. The molecule has 2 N–H and O–H groups in total. The summed E-state index contributed by atoms with van der Waals surface area (Å²) in [6.45, 7) is 0.721. The summed E-state index contributed by atoms with van der Waals surface area (Å²) in [4.78, 5) is 24.0. The quantitative estimate of drug-likeness (QED) is 0.688. The number of hydrogen-bond donors (Lipinski definition) is 2. The molecular weight excluding hydrogens is 308 g/mol. The molecule has 0 aromatic heterocycles. The molecule has 2 amide bonds. The third-order valence-electron chi connectivity index (χ3n) is 4.96. The van der Waals surface area contributed by atoms with Gasteiger partial charge < -0.3 is 15.4 Å². The van der Waals surface area contributed by atoms with Gasteiger partial charge in [0, 0.05) is 38.7 Å². The van der Waals surface area contributed by atoms with Crippen molar-refractivity contribution in [3.63, 3.8) is 0 Å². The molecule has 7 heteroatoms. The van der Waals surface area contributed by atoms with Crippen LogP contribution < -0.4 is 10.6 Å². The summed E-state index contributed by atoms with van der Waals surface area (Å²) in [6, 6.07) is -0.212. The molecule has 0 aromatic carbocycles. The Kier molecular flexibility index (Phi) is 5.14. The molecule has 0 aliphatic carbocycles. The fourth-order valence-corrected chi connectivity index (χ4v) is 3.49. The predicted molar refractivity (Wildman–Crippen MR) is 87.0 cm³/mol. The molecule has 0 saturated carbocycles. The maximum Gasteiger partial charge on any atom is 0.220 e. The Balaban J connectivity index is 1.49. The van der Waals surface area contributed by atoms with Gasteiger partial charge in [-0.1, -0.05) is 0 Å². The Morgan fingerprint density at radius 3 is 2.92 bits per heavy atom. The summed E-state index contributed by atoms with van der Waals surface area (Å²) in [6.07, 6.45) is 10.5. The maximum atomic E-state index is 12.3. The summed E-state index contributed by atoms with van der Waals surface area (Å²) in [5.74, 6) is 2.58. The highest BCUT2D eigenvalue weighted by Gasteiger charge is 2.40. The molecule has 3 rings (SSSR count). The van der Waals surface area contributed by atoms with Crippen molar-refractivity contribution in [2.24, 2.45) is 10.2 Å². The van der Waals surface area contributed by atoms with E-state index in [1.165, 1.54) is 0 Å². The van der Waals surface area contributed by atoms with E-state index in [1.54, 1.807) is 0 Å². The molecule has 0 radical (unpaired) electrons. The van der Waals surface area contributed by atoms with E-state index < -0.39 is 5.66 Å². The zero-order valence-electron chi connectivity index (χ0n) is 13.8. The van der Waals surface area contributed by atoms with E-state index in [1.807, 2.05) is 0 Å². The average molecular weight is 332 g/mol. The number of terminal acetylenes is 1. The Bertz CT molecular complexity index is 557. The van der Waals surface area contributed by atoms with Crippen molar-refractivity contribution in [2.45, 2.75) is 75.2 Å². The van der Waals surface area contributed by atoms with Gasteiger partial charge in [-0.15, -0.1) is 12.3 Å². The van der Waals surface area contributed by atoms with Crippen LogP contribution in [0, 0.1) is 12.3 Å². The highest BCUT2D eigenvalue weighted by Crippen LogP contribution is 2.37. The third-order valence-corrected chi connectivity index (χ3v) is 4.96. The number of ether oxygens (including phenoxy) is 1. The standard InChI is InChI=1S/C17H24N4O3/c1-2-3-9-17(20-21-17)10-8-15(23)18-12-6-7-14(22)19-16(12)13-5-4-11-24-13/h1,12-13,16H,3-11H2,(H,18,23)(H,19,22). The topological polar surface area (TPSA) is 92.2 Å². The number of carbonyl (C=O) groups is 2. The van der Waals surface area contributed by atoms with Crippen molar-refractivity contribution in [2.75, 3.05) is 6.61 Å². The fourth-order valence-electron chi connectivity index (χ4n) is 3.49. The van der Waals surface area contributed by atoms with E-state index in [9.17, 15) is 9.59 Å². The highest BCUT2D eigenvalue weighted by atomic mass is 16.5. The molecule has 7 nitrogen and oxygen atoms in total. The van der Waals surface area contributed by atoms with Gasteiger partial charge in [-0.3, -0.25) is 9.59 Å². The number of nitrogens with zero attached hydrogens (tertiary/aromatic N) is 2. The van der Waals surface area contributed by atoms with Gasteiger partial charge >= 0.3 is 0 Å². The van der Waals surface area contributed by atoms with Gasteiger partial charge in [0.05, 0.1) is 18.2 Å². The molecular formula is C17H24N4O3. The van der Waals surface area contributed by atoms with Crippen molar-refractivity contribution in [3.05, 3.63) is 0 Å². The largest absolute Gasteiger partial charge is 0.376 e. The molecule has 130 valence electrons. The molecule has 3 heterocycles. The van der Waals surface area contributed by atoms with E-state index in [2.05, 4.69) is 26.8 Å². The fraction of sp³-hybridized carbons (Fsp3) is 0.765. The van der Waals surface area contributed by atoms with Gasteiger partial charge in [0.25, 0.3) is 0 Å². The smallest absolute Gasteiger partial charge is 0.220 e. The number of nitrogens with one attached hydrogen (secondary N) is 2. The van der Waals surface area contributed by atoms with Crippen LogP contribution >= 0.6 is 0 Å². The van der Waals surface area contributed by atoms with E-state index in [0.717, 1.165) is 19.4 Å². The lowest BCUT2D eigenvalue weighted by atomic mass is 9.92. The minimum atomic E-state index is -0.432. The summed E-state index contributed by atoms with van der Waals surface area (Å²) >= 11 is 0. The van der Waals surface area contributed by atoms with Gasteiger partial charge in [-0.2, -0.15) is 10.2 Å². The van der Waals surface area contributed by atoms with Gasteiger partial charge in [0.2, 0.25) is 11.8 Å². The predicted octanol–water partition coefficient (Wildman–Crippen LogP) is 1.28. The second-order valence-electron chi connectivity index (χ2n) is 6.74. The van der Waals surface area contributed by atoms with Crippen LogP contribution in [-0.2, 0) is 14.3 Å². The van der Waals surface area contributed by atoms with Gasteiger partial charge in [-0.25, -0.2) is 0 Å². The molecule has 0 bridgehead atoms. The first-order valence-electron chi connectivity index (χ1n) is 8.70. The van der Waals surface area contributed by atoms with Gasteiger partial charge in [-0.05, 0) is 19.3 Å². The first-order chi connectivity index (χ1) is 11.6. The Labute approximate surface area is 142 Å². The summed E-state index contributed by atoms with van der Waals surface area (Å²) in [7, 11) is 0. The zero-order valence-corrected chi connectivity index (χ0v) is 13.8. The molecule has 3 aliphatic heterocycles. The lowest BCUT2D eigenvalue weighted by molar-refractivity contribution is -0.128. The first-order valence-corrected chi connectivity index (χ1v) is 8.70. The summed E-state index contributed by atoms with van der Waals surface area (Å²) in [5.41, 5.74) is -0.432. The average Bonchev–Trinajstić information content (AvgIpc) is 3.13. The SMILES string of the molecule is C#CCCC1(CCC(=O)NC2CCC(=O)NC2C2CCCO2)N=N1. The molecule has 0 aromatic rings. The normalized spacial score (nSPS) is 30.5. The lowest BCUT2D eigenvalue weighted by Crippen LogP contribution is -2.60. The van der Waals surface area contributed by atoms with Crippen LogP contribution in [0.1, 0.15) is 51.4 Å². The van der Waals surface area contributed by atoms with Crippen LogP contribution in [0.15, 0.2) is 10.2 Å². The van der Waals surface area contributed by atoms with E-state index >= 15 is 0 Å². The van der Waals surface area contributed by atoms with Crippen molar-refractivity contribution in [1.29, 1.82) is 0 Å². The Hall–Kier alpha value is -1.94. The number of hydrogen-bond acceptors (Lipinski definition) is 5. The Morgan fingerprint density at radius 1 is 1.42 bits per heavy atom. The molecule has 0 spiro atoms. The molecule has 2 fully saturated rings. The lowest BCUT2D eigenvalue weighted by Gasteiger charge is -2.36. The van der Waals surface area contributed by atoms with Gasteiger partial charge in [0.1, 0.15) is 0 Å². The number of rotatable bonds is 7. The third kappa shape index (κ3) is 4.12.